The number of nitrogens with two attached hydrogens (primary N) is 1. The standard InChI is InChI=1S/C23H28N4O8S2/c24-22(31)17(11-15-5-2-1-3-6-15)25-23(32)18-12-16(26-37(33,34)21-7-4-10-36-21)8-9-27(18)19(28)13-35-14-20(29)30/h1-7,10,16-18,26H,8-9,11-14H2,(H2,24,31)(H,25,32)(H,29,30). The summed E-state index contributed by atoms with van der Waals surface area (Å²) in [4.78, 5) is 50.1. The van der Waals surface area contributed by atoms with Gasteiger partial charge in [0.15, 0.2) is 0 Å². The fourth-order valence-electron chi connectivity index (χ4n) is 3.96. The molecule has 12 nitrogen and oxygen atoms in total. The van der Waals surface area contributed by atoms with Crippen molar-refractivity contribution in [2.24, 2.45) is 5.73 Å². The lowest BCUT2D eigenvalue weighted by molar-refractivity contribution is -0.150. The molecule has 0 saturated carbocycles. The number of primary amides is 1. The minimum absolute atomic E-state index is 0.00486. The first kappa shape index (κ1) is 28.2. The number of carbonyl (C=O) groups excluding carboxylic acids is 3. The quantitative estimate of drug-likeness (QED) is 0.276. The van der Waals surface area contributed by atoms with Gasteiger partial charge in [-0.25, -0.2) is 17.9 Å². The molecule has 1 aromatic heterocycles. The molecular weight excluding hydrogens is 524 g/mol. The number of carboxylic acids is 1. The van der Waals surface area contributed by atoms with E-state index in [1.54, 1.807) is 41.8 Å². The maximum Gasteiger partial charge on any atom is 0.329 e. The second-order valence-electron chi connectivity index (χ2n) is 8.42. The van der Waals surface area contributed by atoms with E-state index in [-0.39, 0.29) is 30.0 Å². The third-order valence-corrected chi connectivity index (χ3v) is 8.62. The maximum absolute atomic E-state index is 13.3. The van der Waals surface area contributed by atoms with Gasteiger partial charge >= 0.3 is 5.97 Å². The van der Waals surface area contributed by atoms with E-state index in [1.807, 2.05) is 0 Å². The minimum atomic E-state index is -3.84. The Bertz CT molecular complexity index is 1200. The number of hydrogen-bond donors (Lipinski definition) is 4. The van der Waals surface area contributed by atoms with E-state index in [1.165, 1.54) is 11.0 Å². The van der Waals surface area contributed by atoms with Gasteiger partial charge in [-0.05, 0) is 29.9 Å². The Morgan fingerprint density at radius 2 is 1.86 bits per heavy atom. The maximum atomic E-state index is 13.3. The van der Waals surface area contributed by atoms with E-state index >= 15 is 0 Å². The van der Waals surface area contributed by atoms with Crippen molar-refractivity contribution in [2.75, 3.05) is 19.8 Å². The number of amides is 3. The Kier molecular flexibility index (Phi) is 9.74. The first-order valence-corrected chi connectivity index (χ1v) is 13.7. The highest BCUT2D eigenvalue weighted by molar-refractivity contribution is 7.91. The van der Waals surface area contributed by atoms with Crippen LogP contribution in [0.15, 0.2) is 52.1 Å². The zero-order valence-corrected chi connectivity index (χ0v) is 21.4. The molecule has 1 saturated heterocycles. The molecule has 3 atom stereocenters. The zero-order valence-electron chi connectivity index (χ0n) is 19.7. The average Bonchev–Trinajstić information content (AvgIpc) is 3.40. The van der Waals surface area contributed by atoms with Gasteiger partial charge in [-0.1, -0.05) is 36.4 Å². The van der Waals surface area contributed by atoms with E-state index in [9.17, 15) is 27.6 Å². The van der Waals surface area contributed by atoms with Gasteiger partial charge in [-0.2, -0.15) is 0 Å². The van der Waals surface area contributed by atoms with Crippen molar-refractivity contribution in [2.45, 2.75) is 41.6 Å². The highest BCUT2D eigenvalue weighted by Gasteiger charge is 2.39. The molecule has 2 aromatic rings. The first-order chi connectivity index (χ1) is 17.6. The van der Waals surface area contributed by atoms with Gasteiger partial charge in [-0.3, -0.25) is 14.4 Å². The number of likely N-dealkylation sites (tertiary alicyclic amines) is 1. The topological polar surface area (TPSA) is 185 Å². The Morgan fingerprint density at radius 3 is 2.49 bits per heavy atom. The van der Waals surface area contributed by atoms with Gasteiger partial charge < -0.3 is 25.8 Å². The summed E-state index contributed by atoms with van der Waals surface area (Å²) in [6.07, 6.45) is 0.263. The fraction of sp³-hybridized carbons (Fsp3) is 0.391. The van der Waals surface area contributed by atoms with Crippen molar-refractivity contribution in [3.63, 3.8) is 0 Å². The van der Waals surface area contributed by atoms with Crippen LogP contribution in [0.1, 0.15) is 18.4 Å². The summed E-state index contributed by atoms with van der Waals surface area (Å²) in [6.45, 7) is -1.27. The molecular formula is C23H28N4O8S2. The number of hydrogen-bond acceptors (Lipinski definition) is 8. The molecule has 3 amide bonds. The highest BCUT2D eigenvalue weighted by Crippen LogP contribution is 2.23. The van der Waals surface area contributed by atoms with Crippen LogP contribution in [0, 0.1) is 0 Å². The number of ether oxygens (including phenoxy) is 1. The van der Waals surface area contributed by atoms with Crippen molar-refractivity contribution in [3.8, 4) is 0 Å². The Balaban J connectivity index is 1.76. The van der Waals surface area contributed by atoms with Gasteiger partial charge in [0.2, 0.25) is 27.7 Å². The third kappa shape index (κ3) is 8.08. The van der Waals surface area contributed by atoms with Crippen molar-refractivity contribution in [1.82, 2.24) is 14.9 Å². The van der Waals surface area contributed by atoms with E-state index in [2.05, 4.69) is 10.0 Å². The lowest BCUT2D eigenvalue weighted by Gasteiger charge is -2.39. The molecule has 1 aliphatic heterocycles. The summed E-state index contributed by atoms with van der Waals surface area (Å²) < 4.78 is 33.0. The van der Waals surface area contributed by atoms with E-state index in [4.69, 9.17) is 15.6 Å². The number of thiophene rings is 1. The number of sulfonamides is 1. The van der Waals surface area contributed by atoms with Gasteiger partial charge in [0, 0.05) is 19.0 Å². The Hall–Kier alpha value is -3.33. The third-order valence-electron chi connectivity index (χ3n) is 5.70. The molecule has 37 heavy (non-hydrogen) atoms. The molecule has 0 radical (unpaired) electrons. The summed E-state index contributed by atoms with van der Waals surface area (Å²) >= 11 is 1.04. The second-order valence-corrected chi connectivity index (χ2v) is 11.3. The normalized spacial score (nSPS) is 18.6. The number of carboxylic acid groups (broad SMARTS) is 1. The van der Waals surface area contributed by atoms with E-state index in [0.29, 0.717) is 0 Å². The number of nitrogens with one attached hydrogen (secondary N) is 2. The predicted molar refractivity (Wildman–Crippen MR) is 133 cm³/mol. The van der Waals surface area contributed by atoms with Gasteiger partial charge in [0.25, 0.3) is 0 Å². The number of benzene rings is 1. The molecule has 1 aromatic carbocycles. The number of aliphatic carboxylic acids is 1. The summed E-state index contributed by atoms with van der Waals surface area (Å²) in [6, 6.07) is 9.06. The molecule has 0 bridgehead atoms. The molecule has 3 rings (SSSR count). The van der Waals surface area contributed by atoms with Crippen LogP contribution in [-0.4, -0.2) is 80.0 Å². The summed E-state index contributed by atoms with van der Waals surface area (Å²) in [5, 5.41) is 13.0. The van der Waals surface area contributed by atoms with E-state index in [0.717, 1.165) is 16.9 Å². The van der Waals surface area contributed by atoms with Crippen LogP contribution in [0.5, 0.6) is 0 Å². The first-order valence-electron chi connectivity index (χ1n) is 11.3. The molecule has 5 N–H and O–H groups in total. The van der Waals surface area contributed by atoms with Gasteiger partial charge in [-0.15, -0.1) is 11.3 Å². The molecule has 0 aliphatic carbocycles. The number of piperidine rings is 1. The molecule has 14 heteroatoms. The number of carbonyl (C=O) groups is 4. The fourth-order valence-corrected chi connectivity index (χ4v) is 6.26. The van der Waals surface area contributed by atoms with Crippen LogP contribution in [0.2, 0.25) is 0 Å². The Morgan fingerprint density at radius 1 is 1.14 bits per heavy atom. The van der Waals surface area contributed by atoms with Gasteiger partial charge in [0.05, 0.1) is 0 Å². The van der Waals surface area contributed by atoms with Crippen LogP contribution in [0.3, 0.4) is 0 Å². The second kappa shape index (κ2) is 12.8. The Labute approximate surface area is 217 Å². The molecule has 200 valence electrons. The van der Waals surface area contributed by atoms with E-state index < -0.39 is 65.1 Å². The predicted octanol–water partition coefficient (Wildman–Crippen LogP) is -0.300. The average molecular weight is 553 g/mol. The monoisotopic (exact) mass is 552 g/mol. The van der Waals surface area contributed by atoms with Crippen molar-refractivity contribution >= 4 is 45.1 Å². The molecule has 1 fully saturated rings. The molecule has 0 spiro atoms. The largest absolute Gasteiger partial charge is 0.480 e. The molecule has 2 heterocycles. The van der Waals surface area contributed by atoms with Crippen LogP contribution in [-0.2, 0) is 40.4 Å². The van der Waals surface area contributed by atoms with Crippen molar-refractivity contribution < 1.29 is 37.4 Å². The number of rotatable bonds is 12. The van der Waals surface area contributed by atoms with Gasteiger partial charge in [0.1, 0.15) is 29.5 Å². The summed E-state index contributed by atoms with van der Waals surface area (Å²) in [5.41, 5.74) is 6.27. The van der Waals surface area contributed by atoms with Crippen LogP contribution >= 0.6 is 11.3 Å². The molecule has 1 aliphatic rings. The lowest BCUT2D eigenvalue weighted by atomic mass is 9.96. The SMILES string of the molecule is NC(=O)C(Cc1ccccc1)NC(=O)C1CC(NS(=O)(=O)c2cccs2)CCN1C(=O)COCC(=O)O. The molecule has 3 unspecified atom stereocenters. The van der Waals surface area contributed by atoms with Crippen LogP contribution < -0.4 is 15.8 Å². The zero-order chi connectivity index (χ0) is 27.0. The number of nitrogens with zero attached hydrogens (tertiary/aromatic N) is 1. The summed E-state index contributed by atoms with van der Waals surface area (Å²) in [5.74, 6) is -3.36. The summed E-state index contributed by atoms with van der Waals surface area (Å²) in [7, 11) is -3.84. The smallest absolute Gasteiger partial charge is 0.329 e. The minimum Gasteiger partial charge on any atom is -0.480 e. The van der Waals surface area contributed by atoms with Crippen LogP contribution in [0.4, 0.5) is 0 Å². The van der Waals surface area contributed by atoms with Crippen molar-refractivity contribution in [3.05, 3.63) is 53.4 Å². The lowest BCUT2D eigenvalue weighted by Crippen LogP contribution is -2.60. The van der Waals surface area contributed by atoms with Crippen molar-refractivity contribution in [1.29, 1.82) is 0 Å². The van der Waals surface area contributed by atoms with Crippen LogP contribution in [0.25, 0.3) is 0 Å². The highest BCUT2D eigenvalue weighted by atomic mass is 32.2.